The fraction of sp³-hybridized carbons (Fsp3) is 0.200. The van der Waals surface area contributed by atoms with Gasteiger partial charge in [-0.2, -0.15) is 0 Å². The molecule has 0 fully saturated rings. The van der Waals surface area contributed by atoms with E-state index in [1.807, 2.05) is 0 Å². The molecule has 19 heavy (non-hydrogen) atoms. The number of nitrogens with zero attached hydrogens (tertiary/aromatic N) is 1. The number of benzene rings is 1. The van der Waals surface area contributed by atoms with Crippen LogP contribution in [0.15, 0.2) is 12.1 Å². The minimum atomic E-state index is -4.85. The first-order valence-corrected chi connectivity index (χ1v) is 6.53. The molecule has 2 radical (unpaired) electrons. The molecule has 2 rings (SSSR count). The molecule has 1 heterocycles. The standard InChI is InChI=1S/C10H5AsF3NO3S/c1-17-8(16)4-2-5(18-10(12,13)14)7-6(3-4)19-9(11)15-7/h2-3H,1H3. The van der Waals surface area contributed by atoms with Gasteiger partial charge < -0.3 is 0 Å². The summed E-state index contributed by atoms with van der Waals surface area (Å²) in [5.41, 5.74) is 0.0380. The molecule has 4 nitrogen and oxygen atoms in total. The summed E-state index contributed by atoms with van der Waals surface area (Å²) in [6, 6.07) is 2.38. The summed E-state index contributed by atoms with van der Waals surface area (Å²) in [7, 11) is 1.14. The maximum atomic E-state index is 12.3. The van der Waals surface area contributed by atoms with Crippen molar-refractivity contribution in [3.05, 3.63) is 17.7 Å². The van der Waals surface area contributed by atoms with Crippen LogP contribution in [0.1, 0.15) is 10.4 Å². The number of rotatable bonds is 2. The van der Waals surface area contributed by atoms with E-state index < -0.39 is 18.1 Å². The van der Waals surface area contributed by atoms with Gasteiger partial charge in [0.25, 0.3) is 0 Å². The average Bonchev–Trinajstić information content (AvgIpc) is 2.66. The van der Waals surface area contributed by atoms with Crippen molar-refractivity contribution >= 4 is 48.2 Å². The van der Waals surface area contributed by atoms with E-state index in [-0.39, 0.29) is 11.1 Å². The van der Waals surface area contributed by atoms with Gasteiger partial charge in [-0.3, -0.25) is 0 Å². The molecule has 1 aromatic carbocycles. The van der Waals surface area contributed by atoms with Crippen molar-refractivity contribution in [2.24, 2.45) is 0 Å². The predicted molar refractivity (Wildman–Crippen MR) is 63.0 cm³/mol. The zero-order valence-electron chi connectivity index (χ0n) is 9.32. The molecule has 1 aromatic heterocycles. The van der Waals surface area contributed by atoms with Gasteiger partial charge in [0.2, 0.25) is 0 Å². The summed E-state index contributed by atoms with van der Waals surface area (Å²) in [6.45, 7) is 0. The molecule has 0 saturated carbocycles. The molecule has 0 aliphatic rings. The summed E-state index contributed by atoms with van der Waals surface area (Å²) >= 11 is 3.27. The molecule has 0 N–H and O–H groups in total. The van der Waals surface area contributed by atoms with Crippen molar-refractivity contribution < 1.29 is 27.4 Å². The van der Waals surface area contributed by atoms with E-state index in [9.17, 15) is 18.0 Å². The number of carbonyl (C=O) groups excluding carboxylic acids is 1. The zero-order chi connectivity index (χ0) is 14.2. The third-order valence-corrected chi connectivity index (χ3v) is 3.68. The first kappa shape index (κ1) is 14.1. The number of hydrogen-bond donors (Lipinski definition) is 0. The molecular weight excluding hydrogens is 346 g/mol. The number of fused-ring (bicyclic) bond motifs is 1. The number of carbonyl (C=O) groups is 1. The number of esters is 1. The predicted octanol–water partition coefficient (Wildman–Crippen LogP) is 1.78. The van der Waals surface area contributed by atoms with Crippen molar-refractivity contribution in [2.75, 3.05) is 7.11 Å². The van der Waals surface area contributed by atoms with Crippen LogP contribution in [0.3, 0.4) is 0 Å². The summed E-state index contributed by atoms with van der Waals surface area (Å²) in [5, 5.41) is 0. The first-order chi connectivity index (χ1) is 8.80. The molecule has 0 unspecified atom stereocenters. The second kappa shape index (κ2) is 5.01. The molecule has 0 aliphatic heterocycles. The van der Waals surface area contributed by atoms with Gasteiger partial charge in [-0.25, -0.2) is 0 Å². The Morgan fingerprint density at radius 1 is 1.42 bits per heavy atom. The van der Waals surface area contributed by atoms with E-state index in [4.69, 9.17) is 0 Å². The Bertz CT molecular complexity index is 641. The van der Waals surface area contributed by atoms with Crippen LogP contribution in [0.4, 0.5) is 13.2 Å². The fourth-order valence-electron chi connectivity index (χ4n) is 1.43. The first-order valence-electron chi connectivity index (χ1n) is 4.78. The quantitative estimate of drug-likeness (QED) is 0.611. The molecule has 0 bridgehead atoms. The van der Waals surface area contributed by atoms with E-state index in [2.05, 4.69) is 31.3 Å². The molecule has 100 valence electrons. The van der Waals surface area contributed by atoms with Crippen LogP contribution in [0.5, 0.6) is 5.75 Å². The van der Waals surface area contributed by atoms with E-state index >= 15 is 0 Å². The Morgan fingerprint density at radius 2 is 2.11 bits per heavy atom. The van der Waals surface area contributed by atoms with Crippen molar-refractivity contribution in [3.63, 3.8) is 0 Å². The molecule has 0 atom stereocenters. The number of alkyl halides is 3. The van der Waals surface area contributed by atoms with Gasteiger partial charge in [-0.1, -0.05) is 0 Å². The summed E-state index contributed by atoms with van der Waals surface area (Å²) < 4.78 is 46.3. The van der Waals surface area contributed by atoms with Gasteiger partial charge in [0.1, 0.15) is 0 Å². The molecule has 0 amide bonds. The summed E-state index contributed by atoms with van der Waals surface area (Å²) in [5.74, 6) is -1.26. The minimum absolute atomic E-state index is 0.0228. The molecule has 0 saturated heterocycles. The van der Waals surface area contributed by atoms with E-state index in [0.717, 1.165) is 24.5 Å². The Morgan fingerprint density at radius 3 is 2.68 bits per heavy atom. The van der Waals surface area contributed by atoms with Crippen LogP contribution < -0.4 is 8.53 Å². The molecular formula is C10H5AsF3NO3S. The van der Waals surface area contributed by atoms with E-state index in [0.29, 0.717) is 8.50 Å². The average molecular weight is 351 g/mol. The van der Waals surface area contributed by atoms with Crippen molar-refractivity contribution in [1.82, 2.24) is 4.98 Å². The second-order valence-electron chi connectivity index (χ2n) is 3.36. The number of halogens is 3. The molecule has 2 aromatic rings. The third kappa shape index (κ3) is 3.19. The SMILES string of the molecule is COC(=O)c1cc(OC(F)(F)F)c2nc([As])sc2c1. The van der Waals surface area contributed by atoms with Crippen molar-refractivity contribution in [3.8, 4) is 5.75 Å². The third-order valence-electron chi connectivity index (χ3n) is 2.10. The van der Waals surface area contributed by atoms with Crippen LogP contribution in [0, 0.1) is 0 Å². The van der Waals surface area contributed by atoms with Gasteiger partial charge in [0.15, 0.2) is 0 Å². The molecule has 9 heteroatoms. The fourth-order valence-corrected chi connectivity index (χ4v) is 3.02. The Balaban J connectivity index is 2.61. The number of aromatic nitrogens is 1. The second-order valence-corrected chi connectivity index (χ2v) is 5.93. The van der Waals surface area contributed by atoms with Gasteiger partial charge in [0.05, 0.1) is 0 Å². The normalized spacial score (nSPS) is 11.6. The van der Waals surface area contributed by atoms with Crippen LogP contribution in [0.2, 0.25) is 0 Å². The summed E-state index contributed by atoms with van der Waals surface area (Å²) in [6.07, 6.45) is -4.85. The van der Waals surface area contributed by atoms with Gasteiger partial charge in [-0.15, -0.1) is 0 Å². The van der Waals surface area contributed by atoms with Crippen LogP contribution in [-0.2, 0) is 4.74 Å². The summed E-state index contributed by atoms with van der Waals surface area (Å²) in [4.78, 5) is 15.3. The number of methoxy groups -OCH3 is 1. The van der Waals surface area contributed by atoms with Crippen LogP contribution >= 0.6 is 11.3 Å². The maximum absolute atomic E-state index is 12.3. The van der Waals surface area contributed by atoms with Crippen LogP contribution in [-0.4, -0.2) is 41.3 Å². The van der Waals surface area contributed by atoms with Gasteiger partial charge in [-0.05, 0) is 0 Å². The van der Waals surface area contributed by atoms with Crippen molar-refractivity contribution in [1.29, 1.82) is 0 Å². The van der Waals surface area contributed by atoms with Gasteiger partial charge >= 0.3 is 118 Å². The Hall–Kier alpha value is -1.27. The topological polar surface area (TPSA) is 48.4 Å². The number of thiazole rings is 1. The Kier molecular flexibility index (Phi) is 3.73. The van der Waals surface area contributed by atoms with E-state index in [1.165, 1.54) is 6.07 Å². The monoisotopic (exact) mass is 351 g/mol. The molecule has 0 aliphatic carbocycles. The number of hydrogen-bond acceptors (Lipinski definition) is 5. The van der Waals surface area contributed by atoms with E-state index in [1.54, 1.807) is 0 Å². The van der Waals surface area contributed by atoms with Gasteiger partial charge in [0, 0.05) is 0 Å². The molecule has 0 spiro atoms. The Labute approximate surface area is 118 Å². The van der Waals surface area contributed by atoms with Crippen LogP contribution in [0.25, 0.3) is 10.2 Å². The number of ether oxygens (including phenoxy) is 2. The van der Waals surface area contributed by atoms with Crippen molar-refractivity contribution in [2.45, 2.75) is 6.36 Å². The zero-order valence-corrected chi connectivity index (χ0v) is 12.0.